The molecule has 2 unspecified atom stereocenters. The van der Waals surface area contributed by atoms with Crippen molar-refractivity contribution >= 4 is 0 Å². The Hall–Kier alpha value is -0.0400. The second-order valence-electron chi connectivity index (χ2n) is 4.51. The van der Waals surface area contributed by atoms with Gasteiger partial charge in [-0.2, -0.15) is 0 Å². The topological polar surface area (TPSA) is 3.24 Å². The molecule has 92 valence electrons. The molecule has 0 bridgehead atoms. The Kier molecular flexibility index (Phi) is 9.18. The van der Waals surface area contributed by atoms with Gasteiger partial charge in [0.15, 0.2) is 0 Å². The molecule has 0 aromatic carbocycles. The molecule has 1 saturated carbocycles. The van der Waals surface area contributed by atoms with Gasteiger partial charge in [0.25, 0.3) is 0 Å². The van der Waals surface area contributed by atoms with E-state index in [9.17, 15) is 0 Å². The molecule has 2 atom stereocenters. The van der Waals surface area contributed by atoms with Crippen LogP contribution in [0, 0.1) is 11.8 Å². The van der Waals surface area contributed by atoms with Crippen molar-refractivity contribution < 1.29 is 0 Å². The van der Waals surface area contributed by atoms with Crippen LogP contribution in [0.25, 0.3) is 0 Å². The van der Waals surface area contributed by atoms with E-state index in [1.807, 2.05) is 13.8 Å². The van der Waals surface area contributed by atoms with E-state index in [0.717, 1.165) is 11.8 Å². The molecule has 1 nitrogen and oxygen atoms in total. The summed E-state index contributed by atoms with van der Waals surface area (Å²) in [7, 11) is 0. The van der Waals surface area contributed by atoms with Crippen molar-refractivity contribution in [3.63, 3.8) is 0 Å². The summed E-state index contributed by atoms with van der Waals surface area (Å²) in [4.78, 5) is 2.58. The average Bonchev–Trinajstić information content (AvgIpc) is 2.31. The molecule has 15 heavy (non-hydrogen) atoms. The summed E-state index contributed by atoms with van der Waals surface area (Å²) in [6.07, 6.45) is 5.87. The van der Waals surface area contributed by atoms with Gasteiger partial charge in [-0.05, 0) is 31.3 Å². The third-order valence-corrected chi connectivity index (χ3v) is 3.68. The van der Waals surface area contributed by atoms with Gasteiger partial charge in [-0.1, -0.05) is 53.9 Å². The molecular weight excluding hydrogens is 182 g/mol. The van der Waals surface area contributed by atoms with Crippen LogP contribution in [0.15, 0.2) is 0 Å². The van der Waals surface area contributed by atoms with Gasteiger partial charge in [0, 0.05) is 6.54 Å². The number of hydrogen-bond acceptors (Lipinski definition) is 1. The summed E-state index contributed by atoms with van der Waals surface area (Å²) < 4.78 is 0. The van der Waals surface area contributed by atoms with Gasteiger partial charge in [0.2, 0.25) is 0 Å². The Bertz CT molecular complexity index is 129. The predicted octanol–water partition coefficient (Wildman–Crippen LogP) is 4.18. The van der Waals surface area contributed by atoms with Crippen LogP contribution in [0.1, 0.15) is 60.3 Å². The first-order valence-electron chi connectivity index (χ1n) is 7.00. The Balaban J connectivity index is 0.000000921. The number of hydrogen-bond donors (Lipinski definition) is 0. The maximum absolute atomic E-state index is 2.58. The van der Waals surface area contributed by atoms with Gasteiger partial charge in [0.1, 0.15) is 0 Å². The van der Waals surface area contributed by atoms with Crippen LogP contribution in [0.3, 0.4) is 0 Å². The Labute approximate surface area is 97.2 Å². The zero-order valence-electron chi connectivity index (χ0n) is 11.6. The predicted molar refractivity (Wildman–Crippen MR) is 70.3 cm³/mol. The summed E-state index contributed by atoms with van der Waals surface area (Å²) in [5.74, 6) is 1.95. The molecule has 0 saturated heterocycles. The Morgan fingerprint density at radius 2 is 1.53 bits per heavy atom. The first-order valence-corrected chi connectivity index (χ1v) is 7.00. The molecular formula is C14H31N. The average molecular weight is 213 g/mol. The lowest BCUT2D eigenvalue weighted by Crippen LogP contribution is -2.33. The molecule has 0 heterocycles. The second kappa shape index (κ2) is 9.21. The van der Waals surface area contributed by atoms with E-state index in [2.05, 4.69) is 25.7 Å². The molecule has 0 spiro atoms. The maximum Gasteiger partial charge on any atom is 0.00120 e. The smallest absolute Gasteiger partial charge is 0.00120 e. The lowest BCUT2D eigenvalue weighted by atomic mass is 9.80. The Morgan fingerprint density at radius 1 is 1.00 bits per heavy atom. The van der Waals surface area contributed by atoms with Crippen molar-refractivity contribution in [3.05, 3.63) is 0 Å². The Morgan fingerprint density at radius 3 is 2.00 bits per heavy atom. The van der Waals surface area contributed by atoms with E-state index in [1.54, 1.807) is 0 Å². The van der Waals surface area contributed by atoms with Crippen LogP contribution >= 0.6 is 0 Å². The van der Waals surface area contributed by atoms with Crippen molar-refractivity contribution in [2.75, 3.05) is 19.6 Å². The van der Waals surface area contributed by atoms with Gasteiger partial charge in [-0.15, -0.1) is 0 Å². The van der Waals surface area contributed by atoms with Crippen molar-refractivity contribution in [2.45, 2.75) is 60.3 Å². The first kappa shape index (κ1) is 15.0. The monoisotopic (exact) mass is 213 g/mol. The van der Waals surface area contributed by atoms with Gasteiger partial charge in [-0.3, -0.25) is 0 Å². The van der Waals surface area contributed by atoms with E-state index in [-0.39, 0.29) is 0 Å². The maximum atomic E-state index is 2.58. The third-order valence-electron chi connectivity index (χ3n) is 3.68. The van der Waals surface area contributed by atoms with E-state index in [1.165, 1.54) is 45.3 Å². The molecule has 1 rings (SSSR count). The normalized spacial score (nSPS) is 26.0. The minimum Gasteiger partial charge on any atom is -0.304 e. The molecule has 1 heteroatoms. The van der Waals surface area contributed by atoms with Crippen LogP contribution < -0.4 is 0 Å². The van der Waals surface area contributed by atoms with Gasteiger partial charge >= 0.3 is 0 Å². The SMILES string of the molecule is CC.CCN(CC)CC1CCCCC1C. The highest BCUT2D eigenvalue weighted by molar-refractivity contribution is 4.74. The molecule has 1 aliphatic carbocycles. The summed E-state index contributed by atoms with van der Waals surface area (Å²) in [5, 5.41) is 0. The zero-order valence-corrected chi connectivity index (χ0v) is 11.6. The summed E-state index contributed by atoms with van der Waals surface area (Å²) >= 11 is 0. The largest absolute Gasteiger partial charge is 0.304 e. The third kappa shape index (κ3) is 5.55. The molecule has 1 aliphatic rings. The minimum absolute atomic E-state index is 0.967. The highest BCUT2D eigenvalue weighted by Gasteiger charge is 2.22. The van der Waals surface area contributed by atoms with Crippen molar-refractivity contribution in [2.24, 2.45) is 11.8 Å². The highest BCUT2D eigenvalue weighted by atomic mass is 15.1. The fourth-order valence-corrected chi connectivity index (χ4v) is 2.48. The zero-order chi connectivity index (χ0) is 11.7. The lowest BCUT2D eigenvalue weighted by molar-refractivity contribution is 0.169. The van der Waals surface area contributed by atoms with Crippen LogP contribution in [-0.2, 0) is 0 Å². The summed E-state index contributed by atoms with van der Waals surface area (Å²) in [6, 6.07) is 0. The van der Waals surface area contributed by atoms with Crippen molar-refractivity contribution in [3.8, 4) is 0 Å². The van der Waals surface area contributed by atoms with Gasteiger partial charge in [-0.25, -0.2) is 0 Å². The van der Waals surface area contributed by atoms with E-state index in [4.69, 9.17) is 0 Å². The summed E-state index contributed by atoms with van der Waals surface area (Å²) in [5.41, 5.74) is 0. The quantitative estimate of drug-likeness (QED) is 0.677. The highest BCUT2D eigenvalue weighted by Crippen LogP contribution is 2.29. The van der Waals surface area contributed by atoms with Gasteiger partial charge < -0.3 is 4.90 Å². The standard InChI is InChI=1S/C12H25N.C2H6/c1-4-13(5-2)10-12-9-7-6-8-11(12)3;1-2/h11-12H,4-10H2,1-3H3;1-2H3. The number of rotatable bonds is 4. The first-order chi connectivity index (χ1) is 7.27. The molecule has 1 fully saturated rings. The van der Waals surface area contributed by atoms with Crippen LogP contribution in [-0.4, -0.2) is 24.5 Å². The fraction of sp³-hybridized carbons (Fsp3) is 1.00. The molecule has 0 aromatic heterocycles. The van der Waals surface area contributed by atoms with Crippen molar-refractivity contribution in [1.29, 1.82) is 0 Å². The van der Waals surface area contributed by atoms with E-state index in [0.29, 0.717) is 0 Å². The van der Waals surface area contributed by atoms with Crippen LogP contribution in [0.4, 0.5) is 0 Å². The van der Waals surface area contributed by atoms with Crippen LogP contribution in [0.2, 0.25) is 0 Å². The molecule has 0 N–H and O–H groups in total. The fourth-order valence-electron chi connectivity index (χ4n) is 2.48. The molecule has 0 aromatic rings. The lowest BCUT2D eigenvalue weighted by Gasteiger charge is -2.32. The van der Waals surface area contributed by atoms with Gasteiger partial charge in [0.05, 0.1) is 0 Å². The minimum atomic E-state index is 0.967. The molecule has 0 radical (unpaired) electrons. The second-order valence-corrected chi connectivity index (χ2v) is 4.51. The van der Waals surface area contributed by atoms with E-state index >= 15 is 0 Å². The molecule has 0 amide bonds. The molecule has 0 aliphatic heterocycles. The summed E-state index contributed by atoms with van der Waals surface area (Å²) in [6.45, 7) is 14.8. The number of nitrogens with zero attached hydrogens (tertiary/aromatic N) is 1. The van der Waals surface area contributed by atoms with Crippen molar-refractivity contribution in [1.82, 2.24) is 4.90 Å². The van der Waals surface area contributed by atoms with E-state index < -0.39 is 0 Å². The van der Waals surface area contributed by atoms with Crippen LogP contribution in [0.5, 0.6) is 0 Å².